The van der Waals surface area contributed by atoms with Gasteiger partial charge in [-0.05, 0) is 36.5 Å². The largest absolute Gasteiger partial charge is 0.481 e. The van der Waals surface area contributed by atoms with E-state index in [0.29, 0.717) is 32.0 Å². The normalized spacial score (nSPS) is 18.0. The van der Waals surface area contributed by atoms with Crippen LogP contribution >= 0.6 is 0 Å². The Morgan fingerprint density at radius 1 is 1.40 bits per heavy atom. The molecule has 0 spiro atoms. The molecule has 1 aliphatic heterocycles. The predicted octanol–water partition coefficient (Wildman–Crippen LogP) is 1.48. The van der Waals surface area contributed by atoms with Gasteiger partial charge < -0.3 is 15.3 Å². The third-order valence-corrected chi connectivity index (χ3v) is 3.53. The molecule has 6 nitrogen and oxygen atoms in total. The van der Waals surface area contributed by atoms with Crippen LogP contribution in [0.1, 0.15) is 24.8 Å². The second-order valence-corrected chi connectivity index (χ2v) is 5.05. The Morgan fingerprint density at radius 2 is 2.15 bits per heavy atom. The zero-order valence-electron chi connectivity index (χ0n) is 11.3. The van der Waals surface area contributed by atoms with Crippen LogP contribution in [-0.4, -0.2) is 40.1 Å². The molecule has 20 heavy (non-hydrogen) atoms. The minimum atomic E-state index is -0.773. The molecule has 1 aromatic heterocycles. The molecule has 108 valence electrons. The number of nitrogens with zero attached hydrogens (tertiary/aromatic N) is 2. The summed E-state index contributed by atoms with van der Waals surface area (Å²) in [4.78, 5) is 28.2. The number of pyridine rings is 1. The van der Waals surface area contributed by atoms with E-state index in [4.69, 9.17) is 5.11 Å². The topological polar surface area (TPSA) is 82.5 Å². The summed E-state index contributed by atoms with van der Waals surface area (Å²) in [5, 5.41) is 11.5. The molecular formula is C14H19N3O3. The molecule has 0 saturated carbocycles. The number of rotatable bonds is 5. The van der Waals surface area contributed by atoms with Crippen molar-refractivity contribution in [2.75, 3.05) is 13.1 Å². The van der Waals surface area contributed by atoms with Gasteiger partial charge in [-0.3, -0.25) is 9.78 Å². The number of carbonyl (C=O) groups is 2. The summed E-state index contributed by atoms with van der Waals surface area (Å²) in [6.45, 7) is 1.83. The van der Waals surface area contributed by atoms with Gasteiger partial charge in [-0.2, -0.15) is 0 Å². The van der Waals surface area contributed by atoms with Crippen molar-refractivity contribution in [1.82, 2.24) is 15.2 Å². The van der Waals surface area contributed by atoms with Crippen LogP contribution in [0, 0.1) is 5.92 Å². The highest BCUT2D eigenvalue weighted by atomic mass is 16.4. The monoisotopic (exact) mass is 277 g/mol. The Morgan fingerprint density at radius 3 is 2.85 bits per heavy atom. The highest BCUT2D eigenvalue weighted by Crippen LogP contribution is 2.20. The number of nitrogens with one attached hydrogen (secondary N) is 1. The first-order chi connectivity index (χ1) is 9.65. The van der Waals surface area contributed by atoms with Crippen LogP contribution in [0.3, 0.4) is 0 Å². The van der Waals surface area contributed by atoms with Crippen molar-refractivity contribution < 1.29 is 14.7 Å². The van der Waals surface area contributed by atoms with Crippen LogP contribution in [0.2, 0.25) is 0 Å². The number of likely N-dealkylation sites (tertiary alicyclic amines) is 1. The average Bonchev–Trinajstić information content (AvgIpc) is 2.92. The van der Waals surface area contributed by atoms with Gasteiger partial charge in [-0.25, -0.2) is 4.79 Å². The lowest BCUT2D eigenvalue weighted by Gasteiger charge is -2.17. The van der Waals surface area contributed by atoms with Gasteiger partial charge in [0.15, 0.2) is 0 Å². The Bertz CT molecular complexity index is 464. The number of hydrogen-bond acceptors (Lipinski definition) is 3. The van der Waals surface area contributed by atoms with Crippen molar-refractivity contribution >= 4 is 12.0 Å². The quantitative estimate of drug-likeness (QED) is 0.854. The molecule has 1 aromatic rings. The summed E-state index contributed by atoms with van der Waals surface area (Å²) in [5.41, 5.74) is 1.01. The van der Waals surface area contributed by atoms with Crippen molar-refractivity contribution in [3.63, 3.8) is 0 Å². The lowest BCUT2D eigenvalue weighted by atomic mass is 10.0. The second-order valence-electron chi connectivity index (χ2n) is 5.05. The van der Waals surface area contributed by atoms with Gasteiger partial charge in [-0.15, -0.1) is 0 Å². The van der Waals surface area contributed by atoms with Gasteiger partial charge in [0.05, 0.1) is 0 Å². The third-order valence-electron chi connectivity index (χ3n) is 3.53. The van der Waals surface area contributed by atoms with Gasteiger partial charge >= 0.3 is 12.0 Å². The van der Waals surface area contributed by atoms with Crippen LogP contribution in [0.15, 0.2) is 24.5 Å². The lowest BCUT2D eigenvalue weighted by molar-refractivity contribution is -0.137. The Kier molecular flexibility index (Phi) is 4.92. The number of carboxylic acids is 1. The van der Waals surface area contributed by atoms with Crippen molar-refractivity contribution in [3.8, 4) is 0 Å². The Labute approximate surface area is 117 Å². The SMILES string of the molecule is O=C(O)CCC1CCN(C(=O)NCc2ccncc2)C1. The van der Waals surface area contributed by atoms with Gasteiger partial charge in [0.2, 0.25) is 0 Å². The molecule has 0 aliphatic carbocycles. The van der Waals surface area contributed by atoms with Crippen molar-refractivity contribution in [2.45, 2.75) is 25.8 Å². The predicted molar refractivity (Wildman–Crippen MR) is 73.0 cm³/mol. The van der Waals surface area contributed by atoms with E-state index in [2.05, 4.69) is 10.3 Å². The molecule has 1 saturated heterocycles. The van der Waals surface area contributed by atoms with Crippen molar-refractivity contribution in [2.24, 2.45) is 5.92 Å². The molecule has 6 heteroatoms. The first-order valence-electron chi connectivity index (χ1n) is 6.78. The molecule has 2 amide bonds. The first kappa shape index (κ1) is 14.3. The summed E-state index contributed by atoms with van der Waals surface area (Å²) in [5.74, 6) is -0.469. The van der Waals surface area contributed by atoms with E-state index >= 15 is 0 Å². The Hall–Kier alpha value is -2.11. The van der Waals surface area contributed by atoms with Gasteiger partial charge in [0, 0.05) is 38.4 Å². The van der Waals surface area contributed by atoms with Crippen LogP contribution in [0.5, 0.6) is 0 Å². The molecule has 1 unspecified atom stereocenters. The van der Waals surface area contributed by atoms with Gasteiger partial charge in [0.25, 0.3) is 0 Å². The molecule has 2 rings (SSSR count). The van der Waals surface area contributed by atoms with Crippen molar-refractivity contribution in [1.29, 1.82) is 0 Å². The highest BCUT2D eigenvalue weighted by molar-refractivity contribution is 5.74. The van der Waals surface area contributed by atoms with E-state index in [9.17, 15) is 9.59 Å². The lowest BCUT2D eigenvalue weighted by Crippen LogP contribution is -2.38. The maximum absolute atomic E-state index is 12.0. The fourth-order valence-electron chi connectivity index (χ4n) is 2.37. The zero-order chi connectivity index (χ0) is 14.4. The number of carboxylic acid groups (broad SMARTS) is 1. The molecule has 0 bridgehead atoms. The summed E-state index contributed by atoms with van der Waals surface area (Å²) < 4.78 is 0. The number of aliphatic carboxylic acids is 1. The number of aromatic nitrogens is 1. The zero-order valence-corrected chi connectivity index (χ0v) is 11.3. The summed E-state index contributed by atoms with van der Waals surface area (Å²) in [6, 6.07) is 3.64. The maximum Gasteiger partial charge on any atom is 0.317 e. The molecule has 1 aliphatic rings. The molecule has 0 radical (unpaired) electrons. The molecule has 2 heterocycles. The number of carbonyl (C=O) groups excluding carboxylic acids is 1. The van der Waals surface area contributed by atoms with Crippen LogP contribution in [0.25, 0.3) is 0 Å². The fourth-order valence-corrected chi connectivity index (χ4v) is 2.37. The van der Waals surface area contributed by atoms with E-state index < -0.39 is 5.97 Å². The smallest absolute Gasteiger partial charge is 0.317 e. The summed E-state index contributed by atoms with van der Waals surface area (Å²) >= 11 is 0. The first-order valence-corrected chi connectivity index (χ1v) is 6.78. The minimum Gasteiger partial charge on any atom is -0.481 e. The third kappa shape index (κ3) is 4.22. The van der Waals surface area contributed by atoms with Crippen LogP contribution in [-0.2, 0) is 11.3 Å². The van der Waals surface area contributed by atoms with E-state index in [1.807, 2.05) is 12.1 Å². The van der Waals surface area contributed by atoms with Gasteiger partial charge in [-0.1, -0.05) is 0 Å². The molecular weight excluding hydrogens is 258 g/mol. The average molecular weight is 277 g/mol. The molecule has 1 fully saturated rings. The van der Waals surface area contributed by atoms with E-state index in [1.165, 1.54) is 0 Å². The maximum atomic E-state index is 12.0. The van der Waals surface area contributed by atoms with Crippen molar-refractivity contribution in [3.05, 3.63) is 30.1 Å². The fraction of sp³-hybridized carbons (Fsp3) is 0.500. The second kappa shape index (κ2) is 6.88. The standard InChI is InChI=1S/C14H19N3O3/c18-13(19)2-1-12-5-8-17(10-12)14(20)16-9-11-3-6-15-7-4-11/h3-4,6-7,12H,1-2,5,8-10H2,(H,16,20)(H,18,19). The van der Waals surface area contributed by atoms with Crippen LogP contribution in [0.4, 0.5) is 4.79 Å². The van der Waals surface area contributed by atoms with E-state index in [1.54, 1.807) is 17.3 Å². The van der Waals surface area contributed by atoms with E-state index in [-0.39, 0.29) is 12.5 Å². The molecule has 1 atom stereocenters. The number of hydrogen-bond donors (Lipinski definition) is 2. The summed E-state index contributed by atoms with van der Waals surface area (Å²) in [7, 11) is 0. The number of amides is 2. The van der Waals surface area contributed by atoms with Crippen LogP contribution < -0.4 is 5.32 Å². The number of urea groups is 1. The van der Waals surface area contributed by atoms with Gasteiger partial charge in [0.1, 0.15) is 0 Å². The van der Waals surface area contributed by atoms with E-state index in [0.717, 1.165) is 12.0 Å². The Balaban J connectivity index is 1.73. The summed E-state index contributed by atoms with van der Waals surface area (Å²) in [6.07, 6.45) is 5.09. The molecule has 0 aromatic carbocycles. The molecule has 2 N–H and O–H groups in total. The minimum absolute atomic E-state index is 0.0837. The highest BCUT2D eigenvalue weighted by Gasteiger charge is 2.26.